The van der Waals surface area contributed by atoms with Gasteiger partial charge in [-0.2, -0.15) is 0 Å². The predicted octanol–water partition coefficient (Wildman–Crippen LogP) is 11.6. The van der Waals surface area contributed by atoms with Crippen molar-refractivity contribution >= 4 is 31.9 Å². The van der Waals surface area contributed by atoms with Crippen molar-refractivity contribution in [3.05, 3.63) is 94.4 Å². The zero-order valence-electron chi connectivity index (χ0n) is 24.1. The molecule has 2 heterocycles. The first-order valence-corrected chi connectivity index (χ1v) is 17.3. The third kappa shape index (κ3) is 8.38. The summed E-state index contributed by atoms with van der Waals surface area (Å²) >= 11 is 1.85. The largest absolute Gasteiger partial charge is 0.249 e. The van der Waals surface area contributed by atoms with Gasteiger partial charge < -0.3 is 0 Å². The first kappa shape index (κ1) is 29.7. The summed E-state index contributed by atoms with van der Waals surface area (Å²) in [5.74, 6) is 0. The molecule has 4 rings (SSSR count). The molecule has 3 heteroatoms. The van der Waals surface area contributed by atoms with E-state index in [1.54, 1.807) is 0 Å². The van der Waals surface area contributed by atoms with Crippen molar-refractivity contribution < 1.29 is 4.21 Å². The van der Waals surface area contributed by atoms with Gasteiger partial charge in [0, 0.05) is 9.75 Å². The van der Waals surface area contributed by atoms with Crippen LogP contribution < -0.4 is 0 Å². The van der Waals surface area contributed by atoms with Gasteiger partial charge in [-0.1, -0.05) is 139 Å². The molecule has 0 radical (unpaired) electrons. The molecule has 1 nitrogen and oxygen atoms in total. The van der Waals surface area contributed by atoms with Crippen LogP contribution >= 0.6 is 11.3 Å². The van der Waals surface area contributed by atoms with E-state index in [9.17, 15) is 4.21 Å². The van der Waals surface area contributed by atoms with Gasteiger partial charge in [-0.3, -0.25) is 0 Å². The average molecular weight is 559 g/mol. The summed E-state index contributed by atoms with van der Waals surface area (Å²) in [6.07, 6.45) is 19.8. The van der Waals surface area contributed by atoms with E-state index >= 15 is 0 Å². The Bertz CT molecular complexity index is 1230. The highest BCUT2D eigenvalue weighted by Crippen LogP contribution is 2.46. The number of thiophene rings is 1. The molecule has 0 aliphatic carbocycles. The molecule has 1 aromatic heterocycles. The Hall–Kier alpha value is -2.23. The molecular formula is C36H46OS2. The lowest BCUT2D eigenvalue weighted by molar-refractivity contribution is 0.607. The molecule has 1 aliphatic heterocycles. The van der Waals surface area contributed by atoms with Crippen molar-refractivity contribution in [1.29, 1.82) is 0 Å². The Labute approximate surface area is 243 Å². The van der Waals surface area contributed by atoms with Gasteiger partial charge in [0.05, 0.1) is 20.6 Å². The van der Waals surface area contributed by atoms with Crippen molar-refractivity contribution in [3.8, 4) is 10.4 Å². The number of benzene rings is 2. The van der Waals surface area contributed by atoms with E-state index in [4.69, 9.17) is 0 Å². The van der Waals surface area contributed by atoms with Gasteiger partial charge >= 0.3 is 0 Å². The van der Waals surface area contributed by atoms with Gasteiger partial charge in [0.15, 0.2) is 0 Å². The van der Waals surface area contributed by atoms with Crippen LogP contribution in [0.5, 0.6) is 0 Å². The topological polar surface area (TPSA) is 17.1 Å². The highest BCUT2D eigenvalue weighted by molar-refractivity contribution is 8.04. The summed E-state index contributed by atoms with van der Waals surface area (Å²) in [6, 6.07) is 23.5. The molecule has 2 aromatic carbocycles. The Morgan fingerprint density at radius 2 is 1.18 bits per heavy atom. The summed E-state index contributed by atoms with van der Waals surface area (Å²) in [5, 5.41) is 0. The fourth-order valence-corrected chi connectivity index (χ4v) is 8.52. The zero-order chi connectivity index (χ0) is 27.3. The van der Waals surface area contributed by atoms with Crippen molar-refractivity contribution in [1.82, 2.24) is 0 Å². The number of hydrogen-bond acceptors (Lipinski definition) is 2. The Balaban J connectivity index is 1.63. The lowest BCUT2D eigenvalue weighted by atomic mass is 10.0. The minimum absolute atomic E-state index is 0.978. The number of aryl methyl sites for hydroxylation is 1. The first-order chi connectivity index (χ1) is 19.2. The second-order valence-corrected chi connectivity index (χ2v) is 13.3. The summed E-state index contributed by atoms with van der Waals surface area (Å²) < 4.78 is 14.2. The van der Waals surface area contributed by atoms with Gasteiger partial charge in [-0.15, -0.1) is 11.3 Å². The minimum atomic E-state index is -1.15. The first-order valence-electron chi connectivity index (χ1n) is 15.3. The number of hydrogen-bond donors (Lipinski definition) is 0. The van der Waals surface area contributed by atoms with Gasteiger partial charge in [-0.05, 0) is 60.1 Å². The predicted molar refractivity (Wildman–Crippen MR) is 174 cm³/mol. The van der Waals surface area contributed by atoms with Gasteiger partial charge in [0.25, 0.3) is 0 Å². The highest BCUT2D eigenvalue weighted by atomic mass is 32.2. The second-order valence-electron chi connectivity index (χ2n) is 10.9. The highest BCUT2D eigenvalue weighted by Gasteiger charge is 2.29. The van der Waals surface area contributed by atoms with E-state index in [-0.39, 0.29) is 0 Å². The lowest BCUT2D eigenvalue weighted by Gasteiger charge is -2.10. The minimum Gasteiger partial charge on any atom is -0.249 e. The molecule has 208 valence electrons. The fraction of sp³-hybridized carbons (Fsp3) is 0.444. The van der Waals surface area contributed by atoms with Crippen LogP contribution in [-0.4, -0.2) is 4.21 Å². The van der Waals surface area contributed by atoms with E-state index in [2.05, 4.69) is 80.6 Å². The summed E-state index contributed by atoms with van der Waals surface area (Å²) in [5.41, 5.74) is 5.04. The molecule has 0 fully saturated rings. The second kappa shape index (κ2) is 16.1. The number of allylic oxidation sites excluding steroid dienone is 2. The van der Waals surface area contributed by atoms with Crippen LogP contribution in [0, 0.1) is 0 Å². The molecule has 0 spiro atoms. The van der Waals surface area contributed by atoms with E-state index in [1.807, 2.05) is 17.4 Å². The van der Waals surface area contributed by atoms with Gasteiger partial charge in [-0.25, -0.2) is 4.21 Å². The van der Waals surface area contributed by atoms with E-state index in [0.717, 1.165) is 28.2 Å². The van der Waals surface area contributed by atoms with Crippen LogP contribution in [0.2, 0.25) is 0 Å². The van der Waals surface area contributed by atoms with E-state index in [1.165, 1.54) is 104 Å². The molecule has 0 bridgehead atoms. The normalized spacial score (nSPS) is 15.2. The van der Waals surface area contributed by atoms with Crippen LogP contribution in [0.25, 0.3) is 20.3 Å². The quantitative estimate of drug-likeness (QED) is 0.151. The molecule has 1 unspecified atom stereocenters. The third-order valence-electron chi connectivity index (χ3n) is 7.71. The summed E-state index contributed by atoms with van der Waals surface area (Å²) in [6.45, 7) is 4.55. The standard InChI is InChI=1S/C36H46OS2/c1-3-5-7-9-11-15-25-31-27-33(29-21-17-13-18-22-29)38-35(31)36-32(26-16-12-10-8-6-4-2)28-34(39(36)37)30-23-19-14-20-24-30/h13-14,17-24,27-28H,3-12,15-16,25-26H2,1-2H3. The summed E-state index contributed by atoms with van der Waals surface area (Å²) in [7, 11) is -1.15. The van der Waals surface area contributed by atoms with Crippen molar-refractivity contribution in [2.75, 3.05) is 0 Å². The number of rotatable bonds is 17. The molecule has 1 atom stereocenters. The monoisotopic (exact) mass is 558 g/mol. The SMILES string of the molecule is CCCCCCCCC1=C(c2sc(-c3ccccc3)cc2CCCCCCCC)S(=O)C(c2ccccc2)=C1. The van der Waals surface area contributed by atoms with Crippen LogP contribution in [0.4, 0.5) is 0 Å². The van der Waals surface area contributed by atoms with Crippen LogP contribution in [-0.2, 0) is 17.2 Å². The lowest BCUT2D eigenvalue weighted by Crippen LogP contribution is -1.97. The average Bonchev–Trinajstić information content (AvgIpc) is 3.53. The molecule has 1 aliphatic rings. The van der Waals surface area contributed by atoms with Crippen molar-refractivity contribution in [2.24, 2.45) is 0 Å². The van der Waals surface area contributed by atoms with E-state index in [0.29, 0.717) is 0 Å². The molecular weight excluding hydrogens is 513 g/mol. The van der Waals surface area contributed by atoms with Crippen molar-refractivity contribution in [2.45, 2.75) is 104 Å². The molecule has 0 saturated heterocycles. The maximum Gasteiger partial charge on any atom is 0.0873 e. The van der Waals surface area contributed by atoms with Crippen LogP contribution in [0.3, 0.4) is 0 Å². The van der Waals surface area contributed by atoms with Crippen LogP contribution in [0.15, 0.2) is 78.4 Å². The number of unbranched alkanes of at least 4 members (excludes halogenated alkanes) is 10. The molecule has 0 saturated carbocycles. The van der Waals surface area contributed by atoms with Crippen LogP contribution in [0.1, 0.15) is 113 Å². The maximum atomic E-state index is 14.2. The Morgan fingerprint density at radius 3 is 1.79 bits per heavy atom. The molecule has 39 heavy (non-hydrogen) atoms. The van der Waals surface area contributed by atoms with Gasteiger partial charge in [0.1, 0.15) is 0 Å². The Kier molecular flexibility index (Phi) is 12.3. The molecule has 0 amide bonds. The maximum absolute atomic E-state index is 14.2. The van der Waals surface area contributed by atoms with Gasteiger partial charge in [0.2, 0.25) is 0 Å². The molecule has 0 N–H and O–H groups in total. The smallest absolute Gasteiger partial charge is 0.0873 e. The fourth-order valence-electron chi connectivity index (χ4n) is 5.46. The Morgan fingerprint density at radius 1 is 0.641 bits per heavy atom. The van der Waals surface area contributed by atoms with Crippen molar-refractivity contribution in [3.63, 3.8) is 0 Å². The van der Waals surface area contributed by atoms with E-state index < -0.39 is 10.8 Å². The third-order valence-corrected chi connectivity index (χ3v) is 10.7. The summed E-state index contributed by atoms with van der Waals surface area (Å²) in [4.78, 5) is 4.63. The molecule has 3 aromatic rings. The zero-order valence-corrected chi connectivity index (χ0v) is 25.7.